The quantitative estimate of drug-likeness (QED) is 0.868. The molecule has 1 aromatic rings. The molecule has 0 aliphatic carbocycles. The lowest BCUT2D eigenvalue weighted by Crippen LogP contribution is -2.40. The van der Waals surface area contributed by atoms with Crippen molar-refractivity contribution >= 4 is 5.82 Å². The van der Waals surface area contributed by atoms with Crippen molar-refractivity contribution in [1.29, 1.82) is 0 Å². The topological polar surface area (TPSA) is 76.2 Å². The fourth-order valence-electron chi connectivity index (χ4n) is 2.99. The monoisotopic (exact) mass is 279 g/mol. The molecule has 3 rings (SSSR count). The number of H-pyrrole nitrogens is 1. The molecule has 1 fully saturated rings. The molecule has 2 aliphatic rings. The Morgan fingerprint density at radius 2 is 2.20 bits per heavy atom. The largest absolute Gasteiger partial charge is 0.381 e. The van der Waals surface area contributed by atoms with Gasteiger partial charge in [-0.25, -0.2) is 4.98 Å². The number of aromatic amines is 1. The molecular weight excluding hydrogens is 258 g/mol. The highest BCUT2D eigenvalue weighted by Crippen LogP contribution is 2.34. The van der Waals surface area contributed by atoms with Crippen molar-refractivity contribution in [3.8, 4) is 0 Å². The molecule has 0 radical (unpaired) electrons. The summed E-state index contributed by atoms with van der Waals surface area (Å²) in [7, 11) is 0. The van der Waals surface area contributed by atoms with Crippen LogP contribution in [0.4, 0.5) is 5.82 Å². The maximum atomic E-state index is 12.3. The Morgan fingerprint density at radius 3 is 2.95 bits per heavy atom. The van der Waals surface area contributed by atoms with Crippen LogP contribution in [0, 0.1) is 0 Å². The van der Waals surface area contributed by atoms with E-state index in [-0.39, 0.29) is 5.56 Å². The van der Waals surface area contributed by atoms with Gasteiger partial charge >= 0.3 is 0 Å². The number of aromatic nitrogens is 2. The van der Waals surface area contributed by atoms with Crippen molar-refractivity contribution < 1.29 is 9.47 Å². The fraction of sp³-hybridized carbons (Fsp3) is 0.714. The van der Waals surface area contributed by atoms with Crippen molar-refractivity contribution in [2.75, 3.05) is 31.7 Å². The zero-order valence-corrected chi connectivity index (χ0v) is 11.8. The first-order valence-corrected chi connectivity index (χ1v) is 7.34. The molecule has 6 nitrogen and oxygen atoms in total. The summed E-state index contributed by atoms with van der Waals surface area (Å²) in [6, 6.07) is 0. The van der Waals surface area contributed by atoms with Crippen LogP contribution in [0.2, 0.25) is 0 Å². The van der Waals surface area contributed by atoms with Gasteiger partial charge in [-0.05, 0) is 19.8 Å². The minimum atomic E-state index is -0.514. The summed E-state index contributed by atoms with van der Waals surface area (Å²) >= 11 is 0. The number of anilines is 1. The first-order chi connectivity index (χ1) is 9.75. The molecule has 0 aromatic carbocycles. The molecule has 1 aromatic heterocycles. The average molecular weight is 279 g/mol. The van der Waals surface area contributed by atoms with Crippen molar-refractivity contribution in [3.05, 3.63) is 21.7 Å². The zero-order valence-electron chi connectivity index (χ0n) is 11.8. The number of ether oxygens (including phenoxy) is 2. The molecule has 2 aliphatic heterocycles. The van der Waals surface area contributed by atoms with Crippen LogP contribution in [0.15, 0.2) is 4.79 Å². The van der Waals surface area contributed by atoms with Crippen LogP contribution < -0.4 is 10.9 Å². The number of nitrogens with one attached hydrogen (secondary N) is 2. The van der Waals surface area contributed by atoms with E-state index in [0.29, 0.717) is 25.6 Å². The Kier molecular flexibility index (Phi) is 3.76. The summed E-state index contributed by atoms with van der Waals surface area (Å²) in [4.78, 5) is 19.8. The molecule has 6 heteroatoms. The van der Waals surface area contributed by atoms with Gasteiger partial charge in [0.25, 0.3) is 5.56 Å². The lowest BCUT2D eigenvalue weighted by Gasteiger charge is -2.36. The lowest BCUT2D eigenvalue weighted by molar-refractivity contribution is -0.117. The number of hydrogen-bond donors (Lipinski definition) is 2. The van der Waals surface area contributed by atoms with Crippen LogP contribution in [-0.4, -0.2) is 36.3 Å². The zero-order chi connectivity index (χ0) is 14.0. The van der Waals surface area contributed by atoms with Crippen LogP contribution in [0.3, 0.4) is 0 Å². The molecule has 0 unspecified atom stereocenters. The lowest BCUT2D eigenvalue weighted by atomic mass is 9.92. The van der Waals surface area contributed by atoms with E-state index in [2.05, 4.69) is 15.3 Å². The Balaban J connectivity index is 2.03. The van der Waals surface area contributed by atoms with E-state index >= 15 is 0 Å². The Labute approximate surface area is 117 Å². The van der Waals surface area contributed by atoms with E-state index in [1.165, 1.54) is 0 Å². The van der Waals surface area contributed by atoms with E-state index in [9.17, 15) is 4.79 Å². The van der Waals surface area contributed by atoms with E-state index in [4.69, 9.17) is 9.47 Å². The van der Waals surface area contributed by atoms with Crippen LogP contribution in [0.1, 0.15) is 37.6 Å². The minimum Gasteiger partial charge on any atom is -0.381 e. The van der Waals surface area contributed by atoms with Gasteiger partial charge in [0.2, 0.25) is 0 Å². The molecule has 3 heterocycles. The van der Waals surface area contributed by atoms with Crippen LogP contribution in [-0.2, 0) is 21.5 Å². The van der Waals surface area contributed by atoms with Crippen molar-refractivity contribution in [2.45, 2.75) is 38.2 Å². The molecular formula is C14H21N3O3. The third kappa shape index (κ3) is 2.33. The van der Waals surface area contributed by atoms with Crippen LogP contribution >= 0.6 is 0 Å². The standard InChI is InChI=1S/C14H21N3O3/c1-2-20-14(5-8-19-9-6-14)13-16-11-10(12(18)17-13)4-3-7-15-11/h2-9H2,1H3,(H2,15,16,17,18). The van der Waals surface area contributed by atoms with Crippen LogP contribution in [0.5, 0.6) is 0 Å². The Bertz CT molecular complexity index is 529. The third-order valence-electron chi connectivity index (χ3n) is 4.06. The molecule has 0 amide bonds. The third-order valence-corrected chi connectivity index (χ3v) is 4.06. The number of nitrogens with zero attached hydrogens (tertiary/aromatic N) is 1. The van der Waals surface area contributed by atoms with Crippen molar-refractivity contribution in [2.24, 2.45) is 0 Å². The van der Waals surface area contributed by atoms with Gasteiger partial charge in [0.15, 0.2) is 0 Å². The summed E-state index contributed by atoms with van der Waals surface area (Å²) in [6.07, 6.45) is 3.21. The summed E-state index contributed by atoms with van der Waals surface area (Å²) in [6.45, 7) is 4.69. The van der Waals surface area contributed by atoms with E-state index in [1.807, 2.05) is 6.92 Å². The number of hydrogen-bond acceptors (Lipinski definition) is 5. The predicted molar refractivity (Wildman–Crippen MR) is 75.0 cm³/mol. The molecule has 20 heavy (non-hydrogen) atoms. The first kappa shape index (κ1) is 13.6. The summed E-state index contributed by atoms with van der Waals surface area (Å²) in [5.74, 6) is 1.36. The first-order valence-electron chi connectivity index (χ1n) is 7.34. The number of rotatable bonds is 3. The fourth-order valence-corrected chi connectivity index (χ4v) is 2.99. The van der Waals surface area contributed by atoms with Gasteiger partial charge in [-0.1, -0.05) is 0 Å². The average Bonchev–Trinajstić information content (AvgIpc) is 2.48. The summed E-state index contributed by atoms with van der Waals surface area (Å²) in [5.41, 5.74) is 0.210. The van der Waals surface area contributed by atoms with Gasteiger partial charge in [0.1, 0.15) is 17.2 Å². The summed E-state index contributed by atoms with van der Waals surface area (Å²) < 4.78 is 11.4. The maximum absolute atomic E-state index is 12.3. The van der Waals surface area contributed by atoms with Gasteiger partial charge in [0, 0.05) is 39.2 Å². The highest BCUT2D eigenvalue weighted by Gasteiger charge is 2.38. The predicted octanol–water partition coefficient (Wildman–Crippen LogP) is 1.17. The molecule has 0 saturated carbocycles. The molecule has 0 spiro atoms. The Hall–Kier alpha value is -1.40. The molecule has 110 valence electrons. The SMILES string of the molecule is CCOC1(c2nc3c(c(=O)[nH]2)CCCN3)CCOCC1. The number of fused-ring (bicyclic) bond motifs is 1. The van der Waals surface area contributed by atoms with Gasteiger partial charge in [-0.15, -0.1) is 0 Å². The van der Waals surface area contributed by atoms with Gasteiger partial charge in [-0.2, -0.15) is 0 Å². The second kappa shape index (κ2) is 5.54. The van der Waals surface area contributed by atoms with E-state index < -0.39 is 5.60 Å². The molecule has 1 saturated heterocycles. The van der Waals surface area contributed by atoms with Gasteiger partial charge in [-0.3, -0.25) is 4.79 Å². The van der Waals surface area contributed by atoms with Crippen molar-refractivity contribution in [3.63, 3.8) is 0 Å². The maximum Gasteiger partial charge on any atom is 0.256 e. The minimum absolute atomic E-state index is 0.0391. The highest BCUT2D eigenvalue weighted by molar-refractivity contribution is 5.45. The second-order valence-electron chi connectivity index (χ2n) is 5.31. The van der Waals surface area contributed by atoms with Crippen molar-refractivity contribution in [1.82, 2.24) is 9.97 Å². The molecule has 2 N–H and O–H groups in total. The molecule has 0 bridgehead atoms. The normalized spacial score (nSPS) is 21.1. The summed E-state index contributed by atoms with van der Waals surface area (Å²) in [5, 5.41) is 3.22. The van der Waals surface area contributed by atoms with Crippen LogP contribution in [0.25, 0.3) is 0 Å². The van der Waals surface area contributed by atoms with Gasteiger partial charge < -0.3 is 19.8 Å². The second-order valence-corrected chi connectivity index (χ2v) is 5.31. The van der Waals surface area contributed by atoms with E-state index in [0.717, 1.165) is 43.6 Å². The Morgan fingerprint density at radius 1 is 1.40 bits per heavy atom. The molecule has 0 atom stereocenters. The smallest absolute Gasteiger partial charge is 0.256 e. The van der Waals surface area contributed by atoms with E-state index in [1.54, 1.807) is 0 Å². The highest BCUT2D eigenvalue weighted by atomic mass is 16.5. The van der Waals surface area contributed by atoms with Gasteiger partial charge in [0.05, 0.1) is 5.56 Å².